The van der Waals surface area contributed by atoms with Crippen LogP contribution in [0.3, 0.4) is 0 Å². The van der Waals surface area contributed by atoms with Crippen LogP contribution in [0.25, 0.3) is 0 Å². The first kappa shape index (κ1) is 18.8. The molecule has 0 bridgehead atoms. The van der Waals surface area contributed by atoms with Gasteiger partial charge in [0.2, 0.25) is 0 Å². The van der Waals surface area contributed by atoms with Crippen LogP contribution in [-0.4, -0.2) is 27.5 Å². The lowest BCUT2D eigenvalue weighted by Gasteiger charge is -2.19. The quantitative estimate of drug-likeness (QED) is 0.608. The third-order valence-corrected chi connectivity index (χ3v) is 4.13. The summed E-state index contributed by atoms with van der Waals surface area (Å²) in [5.41, 5.74) is 1.16. The smallest absolute Gasteiger partial charge is 0.276 e. The van der Waals surface area contributed by atoms with E-state index >= 15 is 0 Å². The molecule has 8 heteroatoms. The van der Waals surface area contributed by atoms with Gasteiger partial charge in [-0.05, 0) is 42.8 Å². The van der Waals surface area contributed by atoms with E-state index < -0.39 is 5.82 Å². The second kappa shape index (κ2) is 8.64. The first-order valence-corrected chi connectivity index (χ1v) is 8.66. The maximum Gasteiger partial charge on any atom is 0.276 e. The Balaban J connectivity index is 1.64. The van der Waals surface area contributed by atoms with Crippen molar-refractivity contribution in [1.29, 1.82) is 0 Å². The van der Waals surface area contributed by atoms with Gasteiger partial charge in [-0.2, -0.15) is 0 Å². The first-order valence-electron chi connectivity index (χ1n) is 8.28. The number of amides is 1. The van der Waals surface area contributed by atoms with E-state index in [1.54, 1.807) is 17.3 Å². The summed E-state index contributed by atoms with van der Waals surface area (Å²) >= 11 is 5.91. The molecule has 0 aliphatic rings. The van der Waals surface area contributed by atoms with Crippen LogP contribution in [0.1, 0.15) is 28.7 Å². The highest BCUT2D eigenvalue weighted by atomic mass is 35.5. The van der Waals surface area contributed by atoms with E-state index in [1.165, 1.54) is 18.2 Å². The minimum absolute atomic E-state index is 0.0160. The maximum absolute atomic E-state index is 13.1. The highest BCUT2D eigenvalue weighted by Crippen LogP contribution is 2.25. The third-order valence-electron chi connectivity index (χ3n) is 3.83. The van der Waals surface area contributed by atoms with Gasteiger partial charge in [0.1, 0.15) is 18.2 Å². The van der Waals surface area contributed by atoms with Gasteiger partial charge in [-0.25, -0.2) is 4.39 Å². The number of rotatable bonds is 7. The molecule has 6 nitrogen and oxygen atoms in total. The molecule has 3 aromatic rings. The second-order valence-corrected chi connectivity index (χ2v) is 6.12. The molecule has 0 atom stereocenters. The average molecular weight is 390 g/mol. The highest BCUT2D eigenvalue weighted by Gasteiger charge is 2.19. The predicted octanol–water partition coefficient (Wildman–Crippen LogP) is 4.10. The Morgan fingerprint density at radius 2 is 2.04 bits per heavy atom. The van der Waals surface area contributed by atoms with Crippen molar-refractivity contribution in [2.24, 2.45) is 0 Å². The van der Waals surface area contributed by atoms with E-state index in [9.17, 15) is 9.18 Å². The summed E-state index contributed by atoms with van der Waals surface area (Å²) in [6.45, 7) is 2.87. The van der Waals surface area contributed by atoms with Gasteiger partial charge >= 0.3 is 0 Å². The second-order valence-electron chi connectivity index (χ2n) is 5.72. The molecular weight excluding hydrogens is 373 g/mol. The average Bonchev–Trinajstić information content (AvgIpc) is 3.15. The molecule has 0 saturated heterocycles. The lowest BCUT2D eigenvalue weighted by Crippen LogP contribution is -2.30. The summed E-state index contributed by atoms with van der Waals surface area (Å²) < 4.78 is 23.7. The summed E-state index contributed by atoms with van der Waals surface area (Å²) in [6, 6.07) is 9.05. The number of hydrogen-bond donors (Lipinski definition) is 0. The molecule has 0 radical (unpaired) electrons. The van der Waals surface area contributed by atoms with Crippen molar-refractivity contribution >= 4 is 17.5 Å². The fraction of sp³-hybridized carbons (Fsp3) is 0.211. The van der Waals surface area contributed by atoms with Gasteiger partial charge in [-0.15, -0.1) is 0 Å². The highest BCUT2D eigenvalue weighted by molar-refractivity contribution is 6.32. The predicted molar refractivity (Wildman–Crippen MR) is 96.9 cm³/mol. The molecule has 0 unspecified atom stereocenters. The van der Waals surface area contributed by atoms with Crippen molar-refractivity contribution in [2.75, 3.05) is 6.54 Å². The van der Waals surface area contributed by atoms with Crippen LogP contribution in [0.4, 0.5) is 4.39 Å². The van der Waals surface area contributed by atoms with Gasteiger partial charge in [0.05, 0.1) is 5.02 Å². The lowest BCUT2D eigenvalue weighted by atomic mass is 10.2. The Kier molecular flexibility index (Phi) is 6.03. The molecule has 3 rings (SSSR count). The van der Waals surface area contributed by atoms with E-state index in [0.29, 0.717) is 24.6 Å². The lowest BCUT2D eigenvalue weighted by molar-refractivity contribution is 0.0741. The summed E-state index contributed by atoms with van der Waals surface area (Å²) in [5.74, 6) is -0.0215. The Labute approximate surface area is 160 Å². The molecule has 2 aromatic heterocycles. The van der Waals surface area contributed by atoms with Crippen LogP contribution < -0.4 is 4.74 Å². The monoisotopic (exact) mass is 389 g/mol. The van der Waals surface area contributed by atoms with Gasteiger partial charge in [-0.1, -0.05) is 16.8 Å². The Morgan fingerprint density at radius 1 is 1.26 bits per heavy atom. The molecule has 0 aliphatic heterocycles. The van der Waals surface area contributed by atoms with Crippen molar-refractivity contribution in [3.8, 4) is 5.75 Å². The molecule has 0 N–H and O–H groups in total. The normalized spacial score (nSPS) is 10.6. The fourth-order valence-corrected chi connectivity index (χ4v) is 2.64. The molecule has 2 heterocycles. The summed E-state index contributed by atoms with van der Waals surface area (Å²) in [6.07, 6.45) is 3.36. The third kappa shape index (κ3) is 4.83. The number of ether oxygens (including phenoxy) is 1. The van der Waals surface area contributed by atoms with Crippen LogP contribution in [0.15, 0.2) is 53.3 Å². The van der Waals surface area contributed by atoms with Gasteiger partial charge in [0.15, 0.2) is 11.5 Å². The van der Waals surface area contributed by atoms with Crippen molar-refractivity contribution in [3.05, 3.63) is 76.6 Å². The number of aromatic nitrogens is 2. The topological polar surface area (TPSA) is 68.5 Å². The van der Waals surface area contributed by atoms with E-state index in [1.807, 2.05) is 19.1 Å². The maximum atomic E-state index is 13.1. The van der Waals surface area contributed by atoms with Crippen LogP contribution in [0.5, 0.6) is 5.75 Å². The number of carbonyl (C=O) groups excluding carboxylic acids is 1. The van der Waals surface area contributed by atoms with E-state index in [2.05, 4.69) is 10.1 Å². The van der Waals surface area contributed by atoms with Gasteiger partial charge in [0.25, 0.3) is 5.91 Å². The largest absolute Gasteiger partial charge is 0.484 e. The number of pyridine rings is 1. The molecule has 0 saturated carbocycles. The minimum atomic E-state index is -0.450. The number of carbonyl (C=O) groups is 1. The molecule has 140 valence electrons. The number of halogens is 2. The fourth-order valence-electron chi connectivity index (χ4n) is 2.42. The van der Waals surface area contributed by atoms with Gasteiger partial charge < -0.3 is 14.2 Å². The molecule has 0 fully saturated rings. The Bertz CT molecular complexity index is 918. The van der Waals surface area contributed by atoms with Crippen molar-refractivity contribution in [3.63, 3.8) is 0 Å². The van der Waals surface area contributed by atoms with Crippen molar-refractivity contribution in [1.82, 2.24) is 15.0 Å². The van der Waals surface area contributed by atoms with E-state index in [-0.39, 0.29) is 23.2 Å². The van der Waals surface area contributed by atoms with E-state index in [4.69, 9.17) is 20.9 Å². The number of hydrogen-bond acceptors (Lipinski definition) is 5. The zero-order valence-corrected chi connectivity index (χ0v) is 15.3. The van der Waals surface area contributed by atoms with Crippen molar-refractivity contribution < 1.29 is 18.4 Å². The van der Waals surface area contributed by atoms with Crippen LogP contribution in [-0.2, 0) is 13.2 Å². The molecular formula is C19H17ClFN3O3. The Hall–Kier alpha value is -2.93. The molecule has 0 aliphatic carbocycles. The van der Waals surface area contributed by atoms with Crippen LogP contribution in [0.2, 0.25) is 5.02 Å². The molecule has 1 aromatic carbocycles. The van der Waals surface area contributed by atoms with Gasteiger partial charge in [0, 0.05) is 31.5 Å². The molecule has 27 heavy (non-hydrogen) atoms. The summed E-state index contributed by atoms with van der Waals surface area (Å²) in [7, 11) is 0. The van der Waals surface area contributed by atoms with Crippen LogP contribution >= 0.6 is 11.6 Å². The molecule has 1 amide bonds. The van der Waals surface area contributed by atoms with E-state index in [0.717, 1.165) is 11.6 Å². The number of benzene rings is 1. The first-order chi connectivity index (χ1) is 13.1. The summed E-state index contributed by atoms with van der Waals surface area (Å²) in [4.78, 5) is 18.3. The summed E-state index contributed by atoms with van der Waals surface area (Å²) in [5, 5.41) is 3.98. The van der Waals surface area contributed by atoms with Gasteiger partial charge in [-0.3, -0.25) is 9.78 Å². The standard InChI is InChI=1S/C19H17ClFN3O3/c1-2-24(11-13-5-7-22-8-6-13)19(25)17-10-15(27-23-17)12-26-18-4-3-14(21)9-16(18)20/h3-10H,2,11-12H2,1H3. The minimum Gasteiger partial charge on any atom is -0.484 e. The number of nitrogens with zero attached hydrogens (tertiary/aromatic N) is 3. The molecule has 0 spiro atoms. The van der Waals surface area contributed by atoms with Crippen LogP contribution in [0, 0.1) is 5.82 Å². The Morgan fingerprint density at radius 3 is 2.74 bits per heavy atom. The SMILES string of the molecule is CCN(Cc1ccncc1)C(=O)c1cc(COc2ccc(F)cc2Cl)on1. The van der Waals surface area contributed by atoms with Crippen molar-refractivity contribution in [2.45, 2.75) is 20.1 Å². The zero-order valence-electron chi connectivity index (χ0n) is 14.6. The zero-order chi connectivity index (χ0) is 19.2.